The van der Waals surface area contributed by atoms with Crippen molar-refractivity contribution in [3.05, 3.63) is 35.9 Å². The second-order valence-electron chi connectivity index (χ2n) is 10.1. The van der Waals surface area contributed by atoms with Crippen LogP contribution in [0.3, 0.4) is 0 Å². The number of carboxylic acid groups (broad SMARTS) is 1. The normalized spacial score (nSPS) is 16.2. The van der Waals surface area contributed by atoms with Crippen LogP contribution >= 0.6 is 0 Å². The molecular weight excluding hydrogens is 474 g/mol. The summed E-state index contributed by atoms with van der Waals surface area (Å²) < 4.78 is 16.6. The highest BCUT2D eigenvalue weighted by Gasteiger charge is 2.44. The number of hydrogen-bond donors (Lipinski definition) is 2. The van der Waals surface area contributed by atoms with E-state index in [0.29, 0.717) is 45.5 Å². The molecule has 2 rings (SSSR count). The van der Waals surface area contributed by atoms with Gasteiger partial charge >= 0.3 is 11.9 Å². The molecule has 1 saturated carbocycles. The highest BCUT2D eigenvalue weighted by Crippen LogP contribution is 2.44. The largest absolute Gasteiger partial charge is 0.481 e. The zero-order valence-electron chi connectivity index (χ0n) is 22.5. The molecule has 2 N–H and O–H groups in total. The number of aliphatic carboxylic acids is 1. The van der Waals surface area contributed by atoms with E-state index in [-0.39, 0.29) is 25.5 Å². The maximum absolute atomic E-state index is 13.6. The van der Waals surface area contributed by atoms with Crippen molar-refractivity contribution in [2.24, 2.45) is 11.3 Å². The van der Waals surface area contributed by atoms with Gasteiger partial charge < -0.3 is 24.6 Å². The predicted molar refractivity (Wildman–Crippen MR) is 141 cm³/mol. The minimum absolute atomic E-state index is 0.0249. The summed E-state index contributed by atoms with van der Waals surface area (Å²) in [5.74, 6) is -2.02. The molecule has 1 amide bonds. The molecule has 0 aliphatic heterocycles. The van der Waals surface area contributed by atoms with Crippen molar-refractivity contribution in [2.75, 3.05) is 26.4 Å². The Kier molecular flexibility index (Phi) is 14.2. The van der Waals surface area contributed by atoms with E-state index in [2.05, 4.69) is 12.2 Å². The highest BCUT2D eigenvalue weighted by molar-refractivity contribution is 5.84. The van der Waals surface area contributed by atoms with E-state index in [4.69, 9.17) is 14.2 Å². The van der Waals surface area contributed by atoms with Crippen LogP contribution in [-0.4, -0.2) is 55.4 Å². The van der Waals surface area contributed by atoms with Crippen LogP contribution < -0.4 is 5.32 Å². The van der Waals surface area contributed by atoms with Gasteiger partial charge in [0.05, 0.1) is 43.6 Å². The van der Waals surface area contributed by atoms with Gasteiger partial charge in [-0.25, -0.2) is 0 Å². The van der Waals surface area contributed by atoms with E-state index in [1.165, 1.54) is 0 Å². The van der Waals surface area contributed by atoms with E-state index in [9.17, 15) is 19.5 Å². The van der Waals surface area contributed by atoms with Gasteiger partial charge in [-0.15, -0.1) is 0 Å². The lowest BCUT2D eigenvalue weighted by Gasteiger charge is -2.32. The van der Waals surface area contributed by atoms with Crippen LogP contribution in [0.1, 0.15) is 83.6 Å². The molecule has 1 fully saturated rings. The fourth-order valence-corrected chi connectivity index (χ4v) is 4.92. The van der Waals surface area contributed by atoms with Crippen LogP contribution in [0.5, 0.6) is 0 Å². The van der Waals surface area contributed by atoms with Gasteiger partial charge in [0.2, 0.25) is 5.91 Å². The lowest BCUT2D eigenvalue weighted by Crippen LogP contribution is -2.48. The molecule has 0 saturated heterocycles. The fraction of sp³-hybridized carbons (Fsp3) is 0.690. The van der Waals surface area contributed by atoms with E-state index in [0.717, 1.165) is 37.7 Å². The molecule has 2 atom stereocenters. The number of rotatable bonds is 19. The number of esters is 1. The second kappa shape index (κ2) is 17.1. The minimum Gasteiger partial charge on any atom is -0.481 e. The number of amides is 1. The summed E-state index contributed by atoms with van der Waals surface area (Å²) >= 11 is 0. The summed E-state index contributed by atoms with van der Waals surface area (Å²) in [6.45, 7) is 5.68. The average Bonchev–Trinajstić information content (AvgIpc) is 3.36. The molecule has 1 aliphatic rings. The minimum atomic E-state index is -0.853. The Balaban J connectivity index is 2.01. The molecule has 0 spiro atoms. The molecule has 8 nitrogen and oxygen atoms in total. The van der Waals surface area contributed by atoms with E-state index in [1.54, 1.807) is 0 Å². The Hall–Kier alpha value is -2.45. The topological polar surface area (TPSA) is 111 Å². The third kappa shape index (κ3) is 11.2. The van der Waals surface area contributed by atoms with Gasteiger partial charge in [0.1, 0.15) is 6.61 Å². The van der Waals surface area contributed by atoms with Gasteiger partial charge in [-0.1, -0.05) is 69.9 Å². The molecule has 1 aromatic rings. The van der Waals surface area contributed by atoms with E-state index < -0.39 is 29.3 Å². The lowest BCUT2D eigenvalue weighted by molar-refractivity contribution is -0.146. The quantitative estimate of drug-likeness (QED) is 0.198. The lowest BCUT2D eigenvalue weighted by atomic mass is 9.75. The van der Waals surface area contributed by atoms with Crippen LogP contribution in [0, 0.1) is 11.3 Å². The number of benzene rings is 1. The average molecular weight is 520 g/mol. The molecule has 2 unspecified atom stereocenters. The monoisotopic (exact) mass is 519 g/mol. The Bertz CT molecular complexity index is 808. The number of hydrogen-bond acceptors (Lipinski definition) is 6. The SMILES string of the molecule is CCCCOCCOC(=O)CC(COCc1ccccc1)NC(=O)C1(CC(CCC)C(=O)O)CCCC1. The van der Waals surface area contributed by atoms with Crippen molar-refractivity contribution in [2.45, 2.75) is 90.7 Å². The predicted octanol–water partition coefficient (Wildman–Crippen LogP) is 4.89. The number of unbranched alkanes of at least 4 members (excludes halogenated alkanes) is 1. The van der Waals surface area contributed by atoms with Crippen LogP contribution in [-0.2, 0) is 35.2 Å². The van der Waals surface area contributed by atoms with Crippen molar-refractivity contribution in [1.29, 1.82) is 0 Å². The molecule has 8 heteroatoms. The van der Waals surface area contributed by atoms with Crippen LogP contribution in [0.15, 0.2) is 30.3 Å². The molecule has 0 radical (unpaired) electrons. The van der Waals surface area contributed by atoms with Crippen molar-refractivity contribution in [1.82, 2.24) is 5.32 Å². The molecule has 0 aromatic heterocycles. The molecular formula is C29H45NO7. The number of carbonyl (C=O) groups is 3. The highest BCUT2D eigenvalue weighted by atomic mass is 16.6. The Morgan fingerprint density at radius 3 is 2.38 bits per heavy atom. The Morgan fingerprint density at radius 2 is 1.73 bits per heavy atom. The first-order valence-electron chi connectivity index (χ1n) is 13.8. The van der Waals surface area contributed by atoms with Gasteiger partial charge in [0.15, 0.2) is 0 Å². The van der Waals surface area contributed by atoms with Gasteiger partial charge in [-0.3, -0.25) is 14.4 Å². The van der Waals surface area contributed by atoms with E-state index >= 15 is 0 Å². The van der Waals surface area contributed by atoms with Crippen molar-refractivity contribution < 1.29 is 33.7 Å². The second-order valence-corrected chi connectivity index (χ2v) is 10.1. The fourth-order valence-electron chi connectivity index (χ4n) is 4.92. The van der Waals surface area contributed by atoms with Crippen LogP contribution in [0.25, 0.3) is 0 Å². The van der Waals surface area contributed by atoms with Crippen molar-refractivity contribution >= 4 is 17.8 Å². The summed E-state index contributed by atoms with van der Waals surface area (Å²) in [5, 5.41) is 12.7. The zero-order chi connectivity index (χ0) is 26.9. The molecule has 1 aromatic carbocycles. The maximum Gasteiger partial charge on any atom is 0.308 e. The summed E-state index contributed by atoms with van der Waals surface area (Å²) in [4.78, 5) is 38.0. The summed E-state index contributed by atoms with van der Waals surface area (Å²) in [5.41, 5.74) is 0.267. The van der Waals surface area contributed by atoms with Gasteiger partial charge in [-0.2, -0.15) is 0 Å². The third-order valence-electron chi connectivity index (χ3n) is 6.98. The van der Waals surface area contributed by atoms with Crippen molar-refractivity contribution in [3.63, 3.8) is 0 Å². The smallest absolute Gasteiger partial charge is 0.308 e. The molecule has 0 heterocycles. The van der Waals surface area contributed by atoms with Gasteiger partial charge in [0, 0.05) is 6.61 Å². The standard InChI is InChI=1S/C29H45NO7/c1-3-5-16-35-17-18-37-26(31)19-25(22-36-21-23-12-7-6-8-13-23)30-28(34)29(14-9-10-15-29)20-24(11-4-2)27(32)33/h6-8,12-13,24-25H,3-5,9-11,14-22H2,1-2H3,(H,30,34)(H,32,33). The maximum atomic E-state index is 13.6. The third-order valence-corrected chi connectivity index (χ3v) is 6.98. The van der Waals surface area contributed by atoms with Crippen molar-refractivity contribution in [3.8, 4) is 0 Å². The molecule has 1 aliphatic carbocycles. The Morgan fingerprint density at radius 1 is 1.00 bits per heavy atom. The number of ether oxygens (including phenoxy) is 3. The Labute approximate surface area is 221 Å². The molecule has 37 heavy (non-hydrogen) atoms. The number of carbonyl (C=O) groups excluding carboxylic acids is 2. The first kappa shape index (κ1) is 30.8. The van der Waals surface area contributed by atoms with E-state index in [1.807, 2.05) is 37.3 Å². The summed E-state index contributed by atoms with van der Waals surface area (Å²) in [6.07, 6.45) is 6.68. The number of carboxylic acids is 1. The zero-order valence-corrected chi connectivity index (χ0v) is 22.5. The summed E-state index contributed by atoms with van der Waals surface area (Å²) in [7, 11) is 0. The number of nitrogens with one attached hydrogen (secondary N) is 1. The summed E-state index contributed by atoms with van der Waals surface area (Å²) in [6, 6.07) is 9.12. The van der Waals surface area contributed by atoms with Gasteiger partial charge in [0.25, 0.3) is 0 Å². The molecule has 208 valence electrons. The first-order valence-corrected chi connectivity index (χ1v) is 13.8. The molecule has 0 bridgehead atoms. The first-order chi connectivity index (χ1) is 17.9. The van der Waals surface area contributed by atoms with Crippen LogP contribution in [0.4, 0.5) is 0 Å². The van der Waals surface area contributed by atoms with Crippen LogP contribution in [0.2, 0.25) is 0 Å². The van der Waals surface area contributed by atoms with Gasteiger partial charge in [-0.05, 0) is 37.7 Å².